The topological polar surface area (TPSA) is 181 Å². The fraction of sp³-hybridized carbons (Fsp3) is 0.273. The van der Waals surface area contributed by atoms with Crippen LogP contribution in [0.4, 0.5) is 5.69 Å². The summed E-state index contributed by atoms with van der Waals surface area (Å²) in [6.07, 6.45) is 0. The first-order chi connectivity index (χ1) is 16.5. The van der Waals surface area contributed by atoms with Crippen LogP contribution in [0.3, 0.4) is 0 Å². The minimum atomic E-state index is -1.22. The van der Waals surface area contributed by atoms with Crippen molar-refractivity contribution in [3.8, 4) is 11.1 Å². The Balaban J connectivity index is 2.52. The number of carbonyl (C=O) groups is 4. The van der Waals surface area contributed by atoms with Crippen LogP contribution in [-0.2, 0) is 32.3 Å². The summed E-state index contributed by atoms with van der Waals surface area (Å²) in [5.74, 6) is -4.88. The molecule has 1 heterocycles. The number of carboxylic acid groups (broad SMARTS) is 4. The average molecular weight is 503 g/mol. The second kappa shape index (κ2) is 13.0. The lowest BCUT2D eigenvalue weighted by Gasteiger charge is -2.21. The van der Waals surface area contributed by atoms with Gasteiger partial charge in [-0.2, -0.15) is 4.99 Å². The lowest BCUT2D eigenvalue weighted by atomic mass is 10.0. The molecule has 0 unspecified atom stereocenters. The Morgan fingerprint density at radius 1 is 0.771 bits per heavy atom. The second-order valence-electron chi connectivity index (χ2n) is 7.46. The van der Waals surface area contributed by atoms with Gasteiger partial charge >= 0.3 is 23.9 Å². The van der Waals surface area contributed by atoms with Gasteiger partial charge in [-0.15, -0.1) is 0 Å². The van der Waals surface area contributed by atoms with Crippen LogP contribution in [0.2, 0.25) is 0 Å². The fourth-order valence-electron chi connectivity index (χ4n) is 3.34. The molecule has 4 N–H and O–H groups in total. The van der Waals surface area contributed by atoms with Gasteiger partial charge in [-0.25, -0.2) is 0 Å². The molecule has 184 valence electrons. The van der Waals surface area contributed by atoms with Crippen LogP contribution in [0.15, 0.2) is 41.4 Å². The Morgan fingerprint density at radius 2 is 1.23 bits per heavy atom. The molecule has 0 fully saturated rings. The maximum Gasteiger partial charge on any atom is 0.317 e. The van der Waals surface area contributed by atoms with Crippen LogP contribution in [0.1, 0.15) is 11.4 Å². The standard InChI is InChI=1S/C22H22N4O8S/c27-19(28)9-25(10-20(29)30)7-17-5-15(14-2-1-3-16(4-14)23-13-35)6-18(24-17)8-26(11-21(31)32)12-22(33)34/h1-6H,7-12H2,(H,27,28)(H,29,30)(H,31,32)(H,33,34). The van der Waals surface area contributed by atoms with Gasteiger partial charge in [-0.05, 0) is 47.6 Å². The molecule has 0 bridgehead atoms. The SMILES string of the molecule is O=C(O)CN(CC(=O)O)Cc1cc(-c2cccc(N=C=S)c2)cc(CN(CC(=O)O)CC(=O)O)n1. The molecule has 0 radical (unpaired) electrons. The van der Waals surface area contributed by atoms with Gasteiger partial charge in [-0.1, -0.05) is 12.1 Å². The molecule has 1 aromatic carbocycles. The van der Waals surface area contributed by atoms with Crippen molar-refractivity contribution >= 4 is 46.9 Å². The van der Waals surface area contributed by atoms with Gasteiger partial charge in [0.2, 0.25) is 0 Å². The molecule has 35 heavy (non-hydrogen) atoms. The summed E-state index contributed by atoms with van der Waals surface area (Å²) in [5, 5.41) is 38.8. The van der Waals surface area contributed by atoms with E-state index in [1.807, 2.05) is 0 Å². The first kappa shape index (κ1) is 27.2. The molecule has 0 saturated carbocycles. The van der Waals surface area contributed by atoms with Crippen LogP contribution in [-0.4, -0.2) is 90.4 Å². The summed E-state index contributed by atoms with van der Waals surface area (Å²) >= 11 is 4.64. The highest BCUT2D eigenvalue weighted by Crippen LogP contribution is 2.26. The Bertz CT molecular complexity index is 1080. The summed E-state index contributed by atoms with van der Waals surface area (Å²) in [7, 11) is 0. The van der Waals surface area contributed by atoms with E-state index in [4.69, 9.17) is 20.4 Å². The number of hydrogen-bond donors (Lipinski definition) is 4. The number of nitrogens with zero attached hydrogens (tertiary/aromatic N) is 4. The van der Waals surface area contributed by atoms with Crippen LogP contribution < -0.4 is 0 Å². The van der Waals surface area contributed by atoms with Crippen molar-refractivity contribution in [1.29, 1.82) is 0 Å². The third kappa shape index (κ3) is 9.78. The molecule has 0 aliphatic rings. The predicted molar refractivity (Wildman–Crippen MR) is 125 cm³/mol. The third-order valence-corrected chi connectivity index (χ3v) is 4.58. The number of pyridine rings is 1. The zero-order valence-corrected chi connectivity index (χ0v) is 19.1. The van der Waals surface area contributed by atoms with Gasteiger partial charge in [0.25, 0.3) is 0 Å². The molecule has 13 heteroatoms. The number of benzene rings is 1. The van der Waals surface area contributed by atoms with E-state index in [9.17, 15) is 19.2 Å². The summed E-state index contributed by atoms with van der Waals surface area (Å²) in [6.45, 7) is -2.44. The smallest absolute Gasteiger partial charge is 0.317 e. The van der Waals surface area contributed by atoms with E-state index in [1.165, 1.54) is 9.80 Å². The Hall–Kier alpha value is -4.03. The summed E-state index contributed by atoms with van der Waals surface area (Å²) < 4.78 is 0. The van der Waals surface area contributed by atoms with Gasteiger partial charge in [0, 0.05) is 13.1 Å². The number of hydrogen-bond acceptors (Lipinski definition) is 9. The molecule has 0 saturated heterocycles. The normalized spacial score (nSPS) is 10.7. The first-order valence-electron chi connectivity index (χ1n) is 10.1. The third-order valence-electron chi connectivity index (χ3n) is 4.49. The zero-order valence-electron chi connectivity index (χ0n) is 18.3. The van der Waals surface area contributed by atoms with Crippen LogP contribution in [0, 0.1) is 0 Å². The summed E-state index contributed by atoms with van der Waals surface area (Å²) in [4.78, 5) is 55.4. The van der Waals surface area contributed by atoms with Gasteiger partial charge in [-0.3, -0.25) is 34.0 Å². The Labute approximate surface area is 204 Å². The number of aliphatic carboxylic acids is 4. The zero-order chi connectivity index (χ0) is 26.0. The Morgan fingerprint density at radius 3 is 1.63 bits per heavy atom. The minimum Gasteiger partial charge on any atom is -0.480 e. The molecule has 0 aliphatic carbocycles. The van der Waals surface area contributed by atoms with Crippen molar-refractivity contribution in [3.05, 3.63) is 47.8 Å². The Kier molecular flexibility index (Phi) is 10.1. The number of carboxylic acids is 4. The molecule has 0 amide bonds. The molecular formula is C22H22N4O8S. The number of rotatable bonds is 14. The van der Waals surface area contributed by atoms with E-state index >= 15 is 0 Å². The molecule has 0 aliphatic heterocycles. The number of isothiocyanates is 1. The highest BCUT2D eigenvalue weighted by molar-refractivity contribution is 7.78. The van der Waals surface area contributed by atoms with Crippen LogP contribution in [0.5, 0.6) is 0 Å². The van der Waals surface area contributed by atoms with Crippen LogP contribution >= 0.6 is 12.2 Å². The van der Waals surface area contributed by atoms with Gasteiger partial charge < -0.3 is 20.4 Å². The summed E-state index contributed by atoms with van der Waals surface area (Å²) in [5.41, 5.74) is 2.42. The van der Waals surface area contributed by atoms with Gasteiger partial charge in [0.1, 0.15) is 0 Å². The van der Waals surface area contributed by atoms with Crippen molar-refractivity contribution in [1.82, 2.24) is 14.8 Å². The lowest BCUT2D eigenvalue weighted by Crippen LogP contribution is -2.35. The molecule has 12 nitrogen and oxygen atoms in total. The monoisotopic (exact) mass is 502 g/mol. The molecule has 2 rings (SSSR count). The van der Waals surface area contributed by atoms with Crippen molar-refractivity contribution in [3.63, 3.8) is 0 Å². The molecule has 2 aromatic rings. The highest BCUT2D eigenvalue weighted by atomic mass is 32.1. The van der Waals surface area contributed by atoms with E-state index < -0.39 is 50.1 Å². The van der Waals surface area contributed by atoms with E-state index in [0.29, 0.717) is 28.2 Å². The number of thiocarbonyl (C=S) groups is 1. The number of aliphatic imine (C=N–C) groups is 1. The molecule has 1 aromatic heterocycles. The number of aromatic nitrogens is 1. The van der Waals surface area contributed by atoms with Crippen molar-refractivity contribution < 1.29 is 39.6 Å². The first-order valence-corrected chi connectivity index (χ1v) is 10.5. The lowest BCUT2D eigenvalue weighted by molar-refractivity contribution is -0.144. The van der Waals surface area contributed by atoms with Crippen LogP contribution in [0.25, 0.3) is 11.1 Å². The second-order valence-corrected chi connectivity index (χ2v) is 7.64. The van der Waals surface area contributed by atoms with E-state index in [-0.39, 0.29) is 13.1 Å². The van der Waals surface area contributed by atoms with E-state index in [2.05, 4.69) is 27.4 Å². The maximum atomic E-state index is 11.2. The maximum absolute atomic E-state index is 11.2. The largest absolute Gasteiger partial charge is 0.480 e. The van der Waals surface area contributed by atoms with E-state index in [1.54, 1.807) is 36.4 Å². The van der Waals surface area contributed by atoms with E-state index in [0.717, 1.165) is 0 Å². The predicted octanol–water partition coefficient (Wildman–Crippen LogP) is 1.43. The van der Waals surface area contributed by atoms with Crippen molar-refractivity contribution in [2.24, 2.45) is 4.99 Å². The molecule has 0 spiro atoms. The average Bonchev–Trinajstić information content (AvgIpc) is 2.72. The van der Waals surface area contributed by atoms with Gasteiger partial charge in [0.15, 0.2) is 0 Å². The highest BCUT2D eigenvalue weighted by Gasteiger charge is 2.18. The van der Waals surface area contributed by atoms with Gasteiger partial charge in [0.05, 0.1) is 48.4 Å². The quantitative estimate of drug-likeness (QED) is 0.216. The molecule has 0 atom stereocenters. The fourth-order valence-corrected chi connectivity index (χ4v) is 3.45. The van der Waals surface area contributed by atoms with Crippen molar-refractivity contribution in [2.45, 2.75) is 13.1 Å². The van der Waals surface area contributed by atoms with Crippen molar-refractivity contribution in [2.75, 3.05) is 26.2 Å². The summed E-state index contributed by atoms with van der Waals surface area (Å²) in [6, 6.07) is 10.2. The minimum absolute atomic E-state index is 0.130. The molecular weight excluding hydrogens is 480 g/mol.